The molecule has 1 nitrogen and oxygen atoms in total. The molecular formula is C14H19N. The Morgan fingerprint density at radius 2 is 1.93 bits per heavy atom. The maximum absolute atomic E-state index is 2.67. The Morgan fingerprint density at radius 1 is 1.20 bits per heavy atom. The zero-order valence-corrected chi connectivity index (χ0v) is 9.66. The van der Waals surface area contributed by atoms with Crippen LogP contribution in [0.25, 0.3) is 0 Å². The summed E-state index contributed by atoms with van der Waals surface area (Å²) in [6.45, 7) is 5.59. The van der Waals surface area contributed by atoms with Crippen LogP contribution in [0.15, 0.2) is 18.2 Å². The molecule has 1 saturated carbocycles. The lowest BCUT2D eigenvalue weighted by Gasteiger charge is -2.10. The fraction of sp³-hybridized carbons (Fsp3) is 0.571. The van der Waals surface area contributed by atoms with Gasteiger partial charge in [-0.05, 0) is 37.8 Å². The van der Waals surface area contributed by atoms with E-state index in [1.165, 1.54) is 42.5 Å². The first kappa shape index (κ1) is 9.41. The van der Waals surface area contributed by atoms with E-state index in [1.807, 2.05) is 0 Å². The van der Waals surface area contributed by atoms with E-state index < -0.39 is 0 Å². The van der Waals surface area contributed by atoms with Gasteiger partial charge in [-0.15, -0.1) is 0 Å². The molecule has 15 heavy (non-hydrogen) atoms. The number of benzene rings is 1. The van der Waals surface area contributed by atoms with Crippen molar-refractivity contribution in [2.45, 2.75) is 51.7 Å². The Balaban J connectivity index is 1.72. The summed E-state index contributed by atoms with van der Waals surface area (Å²) >= 11 is 0. The van der Waals surface area contributed by atoms with E-state index in [0.717, 1.165) is 12.1 Å². The highest BCUT2D eigenvalue weighted by atomic mass is 15.4. The van der Waals surface area contributed by atoms with Gasteiger partial charge in [0.1, 0.15) is 0 Å². The molecule has 2 fully saturated rings. The molecule has 3 rings (SSSR count). The van der Waals surface area contributed by atoms with Crippen molar-refractivity contribution in [3.63, 3.8) is 0 Å². The molecule has 2 atom stereocenters. The molecule has 1 heterocycles. The number of likely N-dealkylation sites (tertiary alicyclic amines) is 1. The molecule has 1 aliphatic carbocycles. The highest BCUT2D eigenvalue weighted by molar-refractivity contribution is 5.31. The minimum Gasteiger partial charge on any atom is -0.290 e. The van der Waals surface area contributed by atoms with Gasteiger partial charge in [-0.1, -0.05) is 30.2 Å². The van der Waals surface area contributed by atoms with Gasteiger partial charge in [0.2, 0.25) is 0 Å². The number of piperidine rings is 1. The quantitative estimate of drug-likeness (QED) is 0.665. The summed E-state index contributed by atoms with van der Waals surface area (Å²) in [6.07, 6.45) is 4.34. The van der Waals surface area contributed by atoms with Crippen molar-refractivity contribution in [1.82, 2.24) is 4.90 Å². The van der Waals surface area contributed by atoms with Gasteiger partial charge in [-0.3, -0.25) is 4.90 Å². The van der Waals surface area contributed by atoms with Crippen LogP contribution in [0.1, 0.15) is 36.0 Å². The molecule has 0 amide bonds. The van der Waals surface area contributed by atoms with E-state index in [2.05, 4.69) is 36.9 Å². The molecule has 0 bridgehead atoms. The summed E-state index contributed by atoms with van der Waals surface area (Å²) in [5, 5.41) is 0. The molecule has 1 aromatic rings. The SMILES string of the molecule is Cc1ccc(CN2C3CCCC32)c(C)c1. The maximum atomic E-state index is 2.67. The smallest absolute Gasteiger partial charge is 0.0258 e. The molecule has 1 aromatic carbocycles. The third-order valence-corrected chi connectivity index (χ3v) is 4.06. The first-order valence-corrected chi connectivity index (χ1v) is 6.07. The monoisotopic (exact) mass is 201 g/mol. The fourth-order valence-electron chi connectivity index (χ4n) is 3.10. The Hall–Kier alpha value is -0.820. The molecule has 0 aromatic heterocycles. The van der Waals surface area contributed by atoms with Gasteiger partial charge in [0.15, 0.2) is 0 Å². The van der Waals surface area contributed by atoms with Crippen molar-refractivity contribution >= 4 is 0 Å². The summed E-state index contributed by atoms with van der Waals surface area (Å²) in [7, 11) is 0. The Kier molecular flexibility index (Phi) is 2.10. The number of hydrogen-bond donors (Lipinski definition) is 0. The number of hydrogen-bond acceptors (Lipinski definition) is 1. The van der Waals surface area contributed by atoms with Gasteiger partial charge in [0, 0.05) is 18.6 Å². The number of fused-ring (bicyclic) bond motifs is 1. The molecule has 0 spiro atoms. The zero-order chi connectivity index (χ0) is 10.4. The molecule has 1 heteroatoms. The van der Waals surface area contributed by atoms with Crippen LogP contribution in [0.5, 0.6) is 0 Å². The van der Waals surface area contributed by atoms with Gasteiger partial charge in [-0.2, -0.15) is 0 Å². The highest BCUT2D eigenvalue weighted by Gasteiger charge is 2.49. The molecule has 0 radical (unpaired) electrons. The predicted molar refractivity (Wildman–Crippen MR) is 62.9 cm³/mol. The summed E-state index contributed by atoms with van der Waals surface area (Å²) in [5.74, 6) is 0. The third-order valence-electron chi connectivity index (χ3n) is 4.06. The van der Waals surface area contributed by atoms with Gasteiger partial charge >= 0.3 is 0 Å². The molecular weight excluding hydrogens is 182 g/mol. The van der Waals surface area contributed by atoms with Crippen LogP contribution in [-0.2, 0) is 6.54 Å². The summed E-state index contributed by atoms with van der Waals surface area (Å²) in [6, 6.07) is 8.71. The minimum atomic E-state index is 0.936. The lowest BCUT2D eigenvalue weighted by Crippen LogP contribution is -2.07. The first-order chi connectivity index (χ1) is 7.25. The first-order valence-electron chi connectivity index (χ1n) is 6.07. The number of nitrogens with zero attached hydrogens (tertiary/aromatic N) is 1. The molecule has 2 unspecified atom stereocenters. The highest BCUT2D eigenvalue weighted by Crippen LogP contribution is 2.43. The minimum absolute atomic E-state index is 0.936. The summed E-state index contributed by atoms with van der Waals surface area (Å²) < 4.78 is 0. The normalized spacial score (nSPS) is 32.8. The van der Waals surface area contributed by atoms with Crippen LogP contribution >= 0.6 is 0 Å². The second-order valence-electron chi connectivity index (χ2n) is 5.17. The summed E-state index contributed by atoms with van der Waals surface area (Å²) in [4.78, 5) is 2.67. The second kappa shape index (κ2) is 3.34. The number of rotatable bonds is 2. The van der Waals surface area contributed by atoms with Gasteiger partial charge < -0.3 is 0 Å². The van der Waals surface area contributed by atoms with Gasteiger partial charge in [0.25, 0.3) is 0 Å². The predicted octanol–water partition coefficient (Wildman–Crippen LogP) is 3.04. The van der Waals surface area contributed by atoms with Crippen LogP contribution in [0.4, 0.5) is 0 Å². The molecule has 1 saturated heterocycles. The Bertz CT molecular complexity index is 373. The lowest BCUT2D eigenvalue weighted by atomic mass is 10.1. The van der Waals surface area contributed by atoms with Crippen molar-refractivity contribution in [3.8, 4) is 0 Å². The van der Waals surface area contributed by atoms with Crippen LogP contribution in [0, 0.1) is 13.8 Å². The van der Waals surface area contributed by atoms with Crippen molar-refractivity contribution in [3.05, 3.63) is 34.9 Å². The van der Waals surface area contributed by atoms with E-state index in [9.17, 15) is 0 Å². The maximum Gasteiger partial charge on any atom is 0.0258 e. The fourth-order valence-corrected chi connectivity index (χ4v) is 3.10. The lowest BCUT2D eigenvalue weighted by molar-refractivity contribution is 0.419. The van der Waals surface area contributed by atoms with Gasteiger partial charge in [0.05, 0.1) is 0 Å². The largest absolute Gasteiger partial charge is 0.290 e. The topological polar surface area (TPSA) is 3.01 Å². The van der Waals surface area contributed by atoms with Crippen LogP contribution < -0.4 is 0 Å². The van der Waals surface area contributed by atoms with Crippen molar-refractivity contribution in [2.24, 2.45) is 0 Å². The van der Waals surface area contributed by atoms with Crippen LogP contribution in [0.3, 0.4) is 0 Å². The summed E-state index contributed by atoms with van der Waals surface area (Å²) in [5.41, 5.74) is 4.36. The van der Waals surface area contributed by atoms with Crippen molar-refractivity contribution in [1.29, 1.82) is 0 Å². The molecule has 1 aliphatic heterocycles. The average molecular weight is 201 g/mol. The second-order valence-corrected chi connectivity index (χ2v) is 5.17. The van der Waals surface area contributed by atoms with Crippen molar-refractivity contribution < 1.29 is 0 Å². The van der Waals surface area contributed by atoms with E-state index >= 15 is 0 Å². The van der Waals surface area contributed by atoms with E-state index in [-0.39, 0.29) is 0 Å². The molecule has 80 valence electrons. The number of aryl methyl sites for hydroxylation is 2. The van der Waals surface area contributed by atoms with Crippen LogP contribution in [0.2, 0.25) is 0 Å². The van der Waals surface area contributed by atoms with E-state index in [4.69, 9.17) is 0 Å². The third kappa shape index (κ3) is 1.59. The Labute approximate surface area is 92.1 Å². The molecule has 2 aliphatic rings. The standard InChI is InChI=1S/C14H19N/c1-10-6-7-12(11(2)8-10)9-15-13-4-3-5-14(13)15/h6-8,13-14H,3-5,9H2,1-2H3. The Morgan fingerprint density at radius 3 is 2.60 bits per heavy atom. The van der Waals surface area contributed by atoms with Gasteiger partial charge in [-0.25, -0.2) is 0 Å². The van der Waals surface area contributed by atoms with E-state index in [1.54, 1.807) is 0 Å². The molecule has 0 N–H and O–H groups in total. The van der Waals surface area contributed by atoms with Crippen LogP contribution in [-0.4, -0.2) is 17.0 Å². The van der Waals surface area contributed by atoms with E-state index in [0.29, 0.717) is 0 Å². The average Bonchev–Trinajstić information content (AvgIpc) is 2.66. The zero-order valence-electron chi connectivity index (χ0n) is 9.66. The van der Waals surface area contributed by atoms with Crippen molar-refractivity contribution in [2.75, 3.05) is 0 Å².